The van der Waals surface area contributed by atoms with Crippen molar-refractivity contribution < 1.29 is 10.2 Å². The lowest BCUT2D eigenvalue weighted by atomic mass is 9.77. The first-order chi connectivity index (χ1) is 9.68. The van der Waals surface area contributed by atoms with Gasteiger partial charge in [-0.1, -0.05) is 69.2 Å². The molecular formula is C17H27ClO2. The van der Waals surface area contributed by atoms with Gasteiger partial charge in [0.25, 0.3) is 0 Å². The normalized spacial score (nSPS) is 11.8. The molecule has 0 radical (unpaired) electrons. The third-order valence-corrected chi connectivity index (χ3v) is 4.29. The Morgan fingerprint density at radius 3 is 2.25 bits per heavy atom. The lowest BCUT2D eigenvalue weighted by Crippen LogP contribution is -2.34. The molecule has 3 heteroatoms. The first kappa shape index (κ1) is 17.5. The molecule has 2 nitrogen and oxygen atoms in total. The summed E-state index contributed by atoms with van der Waals surface area (Å²) in [6.07, 6.45) is 8.03. The molecule has 0 saturated heterocycles. The van der Waals surface area contributed by atoms with Crippen LogP contribution >= 0.6 is 11.6 Å². The van der Waals surface area contributed by atoms with Crippen molar-refractivity contribution in [2.24, 2.45) is 0 Å². The van der Waals surface area contributed by atoms with E-state index in [0.717, 1.165) is 24.8 Å². The van der Waals surface area contributed by atoms with E-state index < -0.39 is 5.41 Å². The highest BCUT2D eigenvalue weighted by Crippen LogP contribution is 2.31. The topological polar surface area (TPSA) is 40.5 Å². The van der Waals surface area contributed by atoms with E-state index in [4.69, 9.17) is 11.6 Å². The first-order valence-electron chi connectivity index (χ1n) is 7.66. The van der Waals surface area contributed by atoms with E-state index in [2.05, 4.69) is 6.92 Å². The predicted octanol–water partition coefficient (Wildman–Crippen LogP) is 4.31. The van der Waals surface area contributed by atoms with Crippen LogP contribution in [0.2, 0.25) is 5.02 Å². The molecule has 0 bridgehead atoms. The van der Waals surface area contributed by atoms with Crippen molar-refractivity contribution in [1.29, 1.82) is 0 Å². The van der Waals surface area contributed by atoms with Gasteiger partial charge in [-0.2, -0.15) is 0 Å². The maximum absolute atomic E-state index is 9.76. The van der Waals surface area contributed by atoms with Gasteiger partial charge in [0.05, 0.1) is 13.2 Å². The molecule has 0 spiro atoms. The van der Waals surface area contributed by atoms with Crippen LogP contribution in [0.4, 0.5) is 0 Å². The monoisotopic (exact) mass is 298 g/mol. The van der Waals surface area contributed by atoms with E-state index in [-0.39, 0.29) is 13.2 Å². The van der Waals surface area contributed by atoms with E-state index in [1.807, 2.05) is 24.3 Å². The van der Waals surface area contributed by atoms with Crippen molar-refractivity contribution in [3.63, 3.8) is 0 Å². The Morgan fingerprint density at radius 1 is 1.00 bits per heavy atom. The number of halogens is 1. The number of unbranched alkanes of at least 4 members (excludes halogenated alkanes) is 5. The maximum atomic E-state index is 9.76. The number of aliphatic hydroxyl groups excluding tert-OH is 2. The molecule has 2 N–H and O–H groups in total. The van der Waals surface area contributed by atoms with Gasteiger partial charge in [-0.05, 0) is 24.1 Å². The zero-order chi connectivity index (χ0) is 14.8. The van der Waals surface area contributed by atoms with Gasteiger partial charge in [-0.25, -0.2) is 0 Å². The third kappa shape index (κ3) is 5.08. The molecule has 1 aromatic carbocycles. The second-order valence-electron chi connectivity index (χ2n) is 5.62. The molecule has 0 amide bonds. The molecule has 20 heavy (non-hydrogen) atoms. The highest BCUT2D eigenvalue weighted by atomic mass is 35.5. The van der Waals surface area contributed by atoms with Crippen molar-refractivity contribution >= 4 is 11.6 Å². The van der Waals surface area contributed by atoms with Gasteiger partial charge >= 0.3 is 0 Å². The van der Waals surface area contributed by atoms with Crippen molar-refractivity contribution in [2.45, 2.75) is 57.3 Å². The zero-order valence-corrected chi connectivity index (χ0v) is 13.2. The van der Waals surface area contributed by atoms with Gasteiger partial charge in [0.1, 0.15) is 0 Å². The maximum Gasteiger partial charge on any atom is 0.0550 e. The van der Waals surface area contributed by atoms with Crippen LogP contribution in [0.15, 0.2) is 24.3 Å². The largest absolute Gasteiger partial charge is 0.395 e. The number of benzene rings is 1. The minimum Gasteiger partial charge on any atom is -0.395 e. The molecule has 0 aliphatic heterocycles. The van der Waals surface area contributed by atoms with Gasteiger partial charge < -0.3 is 10.2 Å². The molecule has 1 rings (SSSR count). The fraction of sp³-hybridized carbons (Fsp3) is 0.647. The summed E-state index contributed by atoms with van der Waals surface area (Å²) in [6.45, 7) is 2.12. The Labute approximate surface area is 127 Å². The minimum atomic E-state index is -0.560. The molecule has 0 aromatic heterocycles. The molecule has 0 aliphatic rings. The smallest absolute Gasteiger partial charge is 0.0550 e. The first-order valence-corrected chi connectivity index (χ1v) is 8.04. The Balaban J connectivity index is 2.58. The Hall–Kier alpha value is -0.570. The van der Waals surface area contributed by atoms with Crippen molar-refractivity contribution in [3.8, 4) is 0 Å². The predicted molar refractivity (Wildman–Crippen MR) is 85.3 cm³/mol. The molecule has 0 aliphatic carbocycles. The van der Waals surface area contributed by atoms with Crippen LogP contribution in [-0.2, 0) is 5.41 Å². The summed E-state index contributed by atoms with van der Waals surface area (Å²) in [5.74, 6) is 0. The third-order valence-electron chi connectivity index (χ3n) is 4.05. The fourth-order valence-electron chi connectivity index (χ4n) is 2.60. The number of hydrogen-bond acceptors (Lipinski definition) is 2. The molecule has 1 aromatic rings. The van der Waals surface area contributed by atoms with Crippen molar-refractivity contribution in [2.75, 3.05) is 13.2 Å². The number of rotatable bonds is 10. The Morgan fingerprint density at radius 2 is 1.65 bits per heavy atom. The fourth-order valence-corrected chi connectivity index (χ4v) is 2.79. The average molecular weight is 299 g/mol. The van der Waals surface area contributed by atoms with Gasteiger partial charge in [0.2, 0.25) is 0 Å². The quantitative estimate of drug-likeness (QED) is 0.632. The van der Waals surface area contributed by atoms with Gasteiger partial charge in [0, 0.05) is 10.4 Å². The van der Waals surface area contributed by atoms with E-state index in [9.17, 15) is 10.2 Å². The summed E-state index contributed by atoms with van der Waals surface area (Å²) in [6, 6.07) is 7.48. The zero-order valence-electron chi connectivity index (χ0n) is 12.4. The summed E-state index contributed by atoms with van der Waals surface area (Å²) in [5.41, 5.74) is 0.374. The summed E-state index contributed by atoms with van der Waals surface area (Å²) < 4.78 is 0. The van der Waals surface area contributed by atoms with Crippen molar-refractivity contribution in [3.05, 3.63) is 34.9 Å². The van der Waals surface area contributed by atoms with Crippen LogP contribution in [0, 0.1) is 0 Å². The second-order valence-corrected chi connectivity index (χ2v) is 6.06. The van der Waals surface area contributed by atoms with Gasteiger partial charge in [-0.15, -0.1) is 0 Å². The lowest BCUT2D eigenvalue weighted by molar-refractivity contribution is 0.107. The standard InChI is InChI=1S/C17H27ClO2/c1-2-3-4-5-6-7-11-17(13-19,14-20)15-9-8-10-16(18)12-15/h8-10,12,19-20H,2-7,11,13-14H2,1H3. The second kappa shape index (κ2) is 9.38. The van der Waals surface area contributed by atoms with Crippen LogP contribution < -0.4 is 0 Å². The lowest BCUT2D eigenvalue weighted by Gasteiger charge is -2.30. The SMILES string of the molecule is CCCCCCCCC(CO)(CO)c1cccc(Cl)c1. The molecule has 0 heterocycles. The minimum absolute atomic E-state index is 0.0429. The summed E-state index contributed by atoms with van der Waals surface area (Å²) in [5, 5.41) is 20.2. The summed E-state index contributed by atoms with van der Waals surface area (Å²) in [7, 11) is 0. The molecular weight excluding hydrogens is 272 g/mol. The molecule has 0 atom stereocenters. The van der Waals surface area contributed by atoms with E-state index in [1.165, 1.54) is 25.7 Å². The van der Waals surface area contributed by atoms with E-state index >= 15 is 0 Å². The molecule has 0 saturated carbocycles. The molecule has 0 fully saturated rings. The van der Waals surface area contributed by atoms with E-state index in [1.54, 1.807) is 0 Å². The summed E-state index contributed by atoms with van der Waals surface area (Å²) >= 11 is 6.02. The number of aliphatic hydroxyl groups is 2. The van der Waals surface area contributed by atoms with Gasteiger partial charge in [0.15, 0.2) is 0 Å². The van der Waals surface area contributed by atoms with Crippen LogP contribution in [0.3, 0.4) is 0 Å². The van der Waals surface area contributed by atoms with Crippen molar-refractivity contribution in [1.82, 2.24) is 0 Å². The Bertz CT molecular complexity index is 375. The highest BCUT2D eigenvalue weighted by Gasteiger charge is 2.30. The van der Waals surface area contributed by atoms with E-state index in [0.29, 0.717) is 5.02 Å². The highest BCUT2D eigenvalue weighted by molar-refractivity contribution is 6.30. The number of hydrogen-bond donors (Lipinski definition) is 2. The average Bonchev–Trinajstić information content (AvgIpc) is 2.47. The van der Waals surface area contributed by atoms with Crippen LogP contribution in [-0.4, -0.2) is 23.4 Å². The van der Waals surface area contributed by atoms with Gasteiger partial charge in [-0.3, -0.25) is 0 Å². The summed E-state index contributed by atoms with van der Waals surface area (Å²) in [4.78, 5) is 0. The van der Waals surface area contributed by atoms with Crippen LogP contribution in [0.1, 0.15) is 57.4 Å². The van der Waals surface area contributed by atoms with Crippen LogP contribution in [0.25, 0.3) is 0 Å². The Kier molecular flexibility index (Phi) is 8.20. The molecule has 114 valence electrons. The molecule has 0 unspecified atom stereocenters. The van der Waals surface area contributed by atoms with Crippen LogP contribution in [0.5, 0.6) is 0 Å².